The molecule has 1 amide bonds. The summed E-state index contributed by atoms with van der Waals surface area (Å²) >= 11 is 0. The molecule has 3 rings (SSSR count). The summed E-state index contributed by atoms with van der Waals surface area (Å²) in [4.78, 5) is 14.9. The molecule has 1 aromatic carbocycles. The molecule has 1 atom stereocenters. The predicted molar refractivity (Wildman–Crippen MR) is 77.6 cm³/mol. The summed E-state index contributed by atoms with van der Waals surface area (Å²) in [5, 5.41) is 0. The number of pyridine rings is 1. The standard InChI is InChI=1S/C16H16N2O3/c17-16(19)21-10-15-14-4-3-11(8-12(14)5-7-20-15)13-2-1-6-18-9-13/h1-4,6,8-9,15H,5,7,10H2,(H2,17,19). The molecule has 1 aromatic heterocycles. The highest BCUT2D eigenvalue weighted by Gasteiger charge is 2.22. The van der Waals surface area contributed by atoms with Crippen LogP contribution >= 0.6 is 0 Å². The van der Waals surface area contributed by atoms with Crippen LogP contribution in [-0.2, 0) is 15.9 Å². The number of hydrogen-bond donors (Lipinski definition) is 1. The fourth-order valence-electron chi connectivity index (χ4n) is 2.55. The maximum absolute atomic E-state index is 10.7. The Bertz CT molecular complexity index is 643. The van der Waals surface area contributed by atoms with Crippen LogP contribution in [0.2, 0.25) is 0 Å². The van der Waals surface area contributed by atoms with Gasteiger partial charge in [-0.3, -0.25) is 4.98 Å². The van der Waals surface area contributed by atoms with E-state index in [2.05, 4.69) is 11.1 Å². The molecule has 5 nitrogen and oxygen atoms in total. The van der Waals surface area contributed by atoms with E-state index < -0.39 is 6.09 Å². The van der Waals surface area contributed by atoms with Gasteiger partial charge < -0.3 is 15.2 Å². The minimum atomic E-state index is -0.780. The van der Waals surface area contributed by atoms with E-state index in [0.29, 0.717) is 6.61 Å². The molecule has 0 aliphatic carbocycles. The molecule has 0 saturated heterocycles. The summed E-state index contributed by atoms with van der Waals surface area (Å²) in [6.07, 6.45) is 3.42. The SMILES string of the molecule is NC(=O)OCC1OCCc2cc(-c3cccnc3)ccc21. The van der Waals surface area contributed by atoms with E-state index in [4.69, 9.17) is 15.2 Å². The van der Waals surface area contributed by atoms with Crippen LogP contribution < -0.4 is 5.73 Å². The zero-order valence-electron chi connectivity index (χ0n) is 11.5. The minimum absolute atomic E-state index is 0.147. The minimum Gasteiger partial charge on any atom is -0.447 e. The Hall–Kier alpha value is -2.40. The van der Waals surface area contributed by atoms with Crippen molar-refractivity contribution in [2.24, 2.45) is 5.73 Å². The topological polar surface area (TPSA) is 74.4 Å². The lowest BCUT2D eigenvalue weighted by Crippen LogP contribution is -2.24. The second-order valence-corrected chi connectivity index (χ2v) is 4.89. The quantitative estimate of drug-likeness (QED) is 0.939. The Labute approximate surface area is 122 Å². The molecule has 0 spiro atoms. The van der Waals surface area contributed by atoms with E-state index in [1.54, 1.807) is 6.20 Å². The molecule has 2 aromatic rings. The monoisotopic (exact) mass is 284 g/mol. The Morgan fingerprint density at radius 2 is 2.29 bits per heavy atom. The number of benzene rings is 1. The fraction of sp³-hybridized carbons (Fsp3) is 0.250. The number of rotatable bonds is 3. The highest BCUT2D eigenvalue weighted by molar-refractivity contribution is 5.65. The molecule has 0 fully saturated rings. The molecule has 21 heavy (non-hydrogen) atoms. The average molecular weight is 284 g/mol. The summed E-state index contributed by atoms with van der Waals surface area (Å²) in [6.45, 7) is 0.755. The summed E-state index contributed by atoms with van der Waals surface area (Å²) in [6, 6.07) is 10.1. The van der Waals surface area contributed by atoms with Crippen LogP contribution in [0.4, 0.5) is 4.79 Å². The first-order valence-corrected chi connectivity index (χ1v) is 6.81. The highest BCUT2D eigenvalue weighted by Crippen LogP contribution is 2.31. The second kappa shape index (κ2) is 5.93. The number of aromatic nitrogens is 1. The molecule has 2 heterocycles. The van der Waals surface area contributed by atoms with Gasteiger partial charge >= 0.3 is 6.09 Å². The lowest BCUT2D eigenvalue weighted by Gasteiger charge is -2.26. The lowest BCUT2D eigenvalue weighted by molar-refractivity contribution is -0.00219. The van der Waals surface area contributed by atoms with Crippen molar-refractivity contribution in [2.75, 3.05) is 13.2 Å². The van der Waals surface area contributed by atoms with Gasteiger partial charge in [-0.05, 0) is 34.7 Å². The van der Waals surface area contributed by atoms with Crippen molar-refractivity contribution in [3.8, 4) is 11.1 Å². The van der Waals surface area contributed by atoms with E-state index in [-0.39, 0.29) is 12.7 Å². The van der Waals surface area contributed by atoms with E-state index >= 15 is 0 Å². The summed E-state index contributed by atoms with van der Waals surface area (Å²) < 4.78 is 10.5. The Kier molecular flexibility index (Phi) is 3.83. The van der Waals surface area contributed by atoms with Gasteiger partial charge in [0.2, 0.25) is 0 Å². The molecule has 1 aliphatic rings. The first kappa shape index (κ1) is 13.6. The fourth-order valence-corrected chi connectivity index (χ4v) is 2.55. The molecular weight excluding hydrogens is 268 g/mol. The van der Waals surface area contributed by atoms with Gasteiger partial charge in [0.1, 0.15) is 12.7 Å². The normalized spacial score (nSPS) is 17.0. The molecule has 1 aliphatic heterocycles. The van der Waals surface area contributed by atoms with Crippen LogP contribution in [0.15, 0.2) is 42.7 Å². The first-order chi connectivity index (χ1) is 10.2. The third kappa shape index (κ3) is 3.03. The highest BCUT2D eigenvalue weighted by atomic mass is 16.6. The lowest BCUT2D eigenvalue weighted by atomic mass is 9.94. The molecule has 5 heteroatoms. The van der Waals surface area contributed by atoms with E-state index in [1.165, 1.54) is 5.56 Å². The largest absolute Gasteiger partial charge is 0.447 e. The van der Waals surface area contributed by atoms with Crippen LogP contribution in [0.3, 0.4) is 0 Å². The van der Waals surface area contributed by atoms with Crippen molar-refractivity contribution in [2.45, 2.75) is 12.5 Å². The number of nitrogens with zero attached hydrogens (tertiary/aromatic N) is 1. The number of ether oxygens (including phenoxy) is 2. The first-order valence-electron chi connectivity index (χ1n) is 6.81. The van der Waals surface area contributed by atoms with Crippen molar-refractivity contribution in [1.29, 1.82) is 0 Å². The maximum atomic E-state index is 10.7. The predicted octanol–water partition coefficient (Wildman–Crippen LogP) is 2.46. The van der Waals surface area contributed by atoms with Crippen LogP contribution in [0.1, 0.15) is 17.2 Å². The van der Waals surface area contributed by atoms with Gasteiger partial charge in [-0.2, -0.15) is 0 Å². The molecule has 0 radical (unpaired) electrons. The Morgan fingerprint density at radius 1 is 1.38 bits per heavy atom. The number of amides is 1. The van der Waals surface area contributed by atoms with E-state index in [1.807, 2.05) is 30.5 Å². The molecule has 2 N–H and O–H groups in total. The van der Waals surface area contributed by atoms with Gasteiger partial charge in [-0.25, -0.2) is 4.79 Å². The molecule has 108 valence electrons. The van der Waals surface area contributed by atoms with Crippen LogP contribution in [0, 0.1) is 0 Å². The van der Waals surface area contributed by atoms with Gasteiger partial charge in [-0.1, -0.05) is 24.3 Å². The van der Waals surface area contributed by atoms with Gasteiger partial charge in [0.05, 0.1) is 6.61 Å². The van der Waals surface area contributed by atoms with Crippen molar-refractivity contribution >= 4 is 6.09 Å². The number of fused-ring (bicyclic) bond motifs is 1. The van der Waals surface area contributed by atoms with Gasteiger partial charge in [0, 0.05) is 12.4 Å². The number of nitrogens with two attached hydrogens (primary N) is 1. The summed E-state index contributed by atoms with van der Waals surface area (Å²) in [7, 11) is 0. The second-order valence-electron chi connectivity index (χ2n) is 4.89. The van der Waals surface area contributed by atoms with E-state index in [0.717, 1.165) is 23.1 Å². The van der Waals surface area contributed by atoms with Gasteiger partial charge in [0.25, 0.3) is 0 Å². The number of primary amides is 1. The molecule has 0 saturated carbocycles. The smallest absolute Gasteiger partial charge is 0.404 e. The van der Waals surface area contributed by atoms with Gasteiger partial charge in [-0.15, -0.1) is 0 Å². The Morgan fingerprint density at radius 3 is 3.05 bits per heavy atom. The maximum Gasteiger partial charge on any atom is 0.404 e. The average Bonchev–Trinajstić information content (AvgIpc) is 2.53. The molecule has 1 unspecified atom stereocenters. The number of hydrogen-bond acceptors (Lipinski definition) is 4. The van der Waals surface area contributed by atoms with Crippen LogP contribution in [0.25, 0.3) is 11.1 Å². The number of carbonyl (C=O) groups is 1. The third-order valence-corrected chi connectivity index (χ3v) is 3.55. The van der Waals surface area contributed by atoms with Crippen molar-refractivity contribution in [1.82, 2.24) is 4.98 Å². The van der Waals surface area contributed by atoms with E-state index in [9.17, 15) is 4.79 Å². The summed E-state index contributed by atoms with van der Waals surface area (Å²) in [5.74, 6) is 0. The van der Waals surface area contributed by atoms with Crippen LogP contribution in [0.5, 0.6) is 0 Å². The van der Waals surface area contributed by atoms with Gasteiger partial charge in [0.15, 0.2) is 0 Å². The number of carbonyl (C=O) groups excluding carboxylic acids is 1. The summed E-state index contributed by atoms with van der Waals surface area (Å²) in [5.41, 5.74) is 9.47. The molecular formula is C16H16N2O3. The zero-order chi connectivity index (χ0) is 14.7. The third-order valence-electron chi connectivity index (χ3n) is 3.55. The molecule has 0 bridgehead atoms. The Balaban J connectivity index is 1.87. The van der Waals surface area contributed by atoms with Crippen LogP contribution in [-0.4, -0.2) is 24.3 Å². The van der Waals surface area contributed by atoms with Crippen molar-refractivity contribution in [3.63, 3.8) is 0 Å². The van der Waals surface area contributed by atoms with Crippen molar-refractivity contribution in [3.05, 3.63) is 53.9 Å². The zero-order valence-corrected chi connectivity index (χ0v) is 11.5. The van der Waals surface area contributed by atoms with Crippen molar-refractivity contribution < 1.29 is 14.3 Å².